The van der Waals surface area contributed by atoms with Gasteiger partial charge in [0.05, 0.1) is 29.7 Å². The van der Waals surface area contributed by atoms with Crippen LogP contribution in [0.15, 0.2) is 54.6 Å². The van der Waals surface area contributed by atoms with Crippen LogP contribution in [0, 0.1) is 5.92 Å². The van der Waals surface area contributed by atoms with Crippen LogP contribution in [0.4, 0.5) is 10.6 Å². The summed E-state index contributed by atoms with van der Waals surface area (Å²) in [5.41, 5.74) is 4.35. The van der Waals surface area contributed by atoms with Gasteiger partial charge in [-0.15, -0.1) is 11.3 Å². The molecule has 2 aliphatic rings. The van der Waals surface area contributed by atoms with Crippen LogP contribution in [-0.2, 0) is 15.9 Å². The van der Waals surface area contributed by atoms with Gasteiger partial charge in [-0.05, 0) is 50.2 Å². The second-order valence-electron chi connectivity index (χ2n) is 10.3. The summed E-state index contributed by atoms with van der Waals surface area (Å²) >= 11 is 1.15. The molecule has 0 spiro atoms. The lowest BCUT2D eigenvalue weighted by molar-refractivity contribution is -0.0507. The van der Waals surface area contributed by atoms with Gasteiger partial charge in [0.1, 0.15) is 17.3 Å². The van der Waals surface area contributed by atoms with Crippen molar-refractivity contribution in [1.29, 1.82) is 0 Å². The van der Waals surface area contributed by atoms with Crippen molar-refractivity contribution in [3.8, 4) is 0 Å². The Balaban J connectivity index is 1.23. The predicted octanol–water partition coefficient (Wildman–Crippen LogP) is 4.53. The number of carbonyl (C=O) groups is 2. The first kappa shape index (κ1) is 27.9. The van der Waals surface area contributed by atoms with Crippen molar-refractivity contribution in [3.05, 3.63) is 70.7 Å². The number of aryl methyl sites for hydroxylation is 1. The molecule has 13 heteroatoms. The Morgan fingerprint density at radius 2 is 1.98 bits per heavy atom. The Bertz CT molecular complexity index is 1590. The van der Waals surface area contributed by atoms with Crippen LogP contribution in [0.1, 0.15) is 53.2 Å². The number of amides is 2. The number of nitrogens with one attached hydrogen (secondary N) is 2. The molecule has 4 aromatic rings. The summed E-state index contributed by atoms with van der Waals surface area (Å²) < 4.78 is 14.9. The molecular weight excluding hydrogens is 558 g/mol. The van der Waals surface area contributed by atoms with Gasteiger partial charge in [-0.2, -0.15) is 0 Å². The highest BCUT2D eigenvalue weighted by molar-refractivity contribution is 7.11. The molecule has 12 nitrogen and oxygen atoms in total. The molecule has 42 heavy (non-hydrogen) atoms. The minimum absolute atomic E-state index is 0.110. The molecule has 1 aromatic carbocycles. The molecule has 5 atom stereocenters. The monoisotopic (exact) mass is 589 g/mol. The van der Waals surface area contributed by atoms with Gasteiger partial charge in [0.25, 0.3) is 0 Å². The molecule has 3 N–H and O–H groups in total. The summed E-state index contributed by atoms with van der Waals surface area (Å²) in [6.07, 6.45) is 9.06. The number of aromatic carboxylic acids is 1. The van der Waals surface area contributed by atoms with Crippen molar-refractivity contribution in [2.75, 3.05) is 11.9 Å². The Morgan fingerprint density at radius 3 is 2.79 bits per heavy atom. The van der Waals surface area contributed by atoms with E-state index >= 15 is 0 Å². The van der Waals surface area contributed by atoms with Crippen LogP contribution in [0.3, 0.4) is 0 Å². The fraction of sp³-hybridized carbons (Fsp3) is 0.379. The van der Waals surface area contributed by atoms with Gasteiger partial charge >= 0.3 is 12.0 Å². The summed E-state index contributed by atoms with van der Waals surface area (Å²) in [5.74, 6) is -0.445. The standard InChI is InChI=1S/C29H31N7O5S/c1-2-30-29(39)35-26-22-27(32-14-31-26)36(15-33-22)20-13-18(9-6-10-19-25(28(37)38)42-16-34-19)23-24(20)41-21(40-23)12-11-17-7-4-3-5-8-17/h3-5,7-8,11-12,14-16,18,20-21,23-24H,2,6,9-10,13H2,1H3,(H,37,38)(H2,30,31,32,35,39)/b12-11+/t18?,20?,21-,23?,24?/m0/s1. The van der Waals surface area contributed by atoms with E-state index in [2.05, 4.69) is 30.6 Å². The van der Waals surface area contributed by atoms with E-state index in [9.17, 15) is 14.7 Å². The fourth-order valence-electron chi connectivity index (χ4n) is 5.81. The molecule has 0 radical (unpaired) electrons. The topological polar surface area (TPSA) is 153 Å². The maximum atomic E-state index is 12.2. The molecule has 1 aliphatic carbocycles. The zero-order chi connectivity index (χ0) is 29.1. The van der Waals surface area contributed by atoms with Gasteiger partial charge < -0.3 is 24.5 Å². The van der Waals surface area contributed by atoms with E-state index < -0.39 is 12.3 Å². The van der Waals surface area contributed by atoms with Crippen LogP contribution in [0.5, 0.6) is 0 Å². The van der Waals surface area contributed by atoms with Crippen LogP contribution in [0.25, 0.3) is 17.2 Å². The molecule has 1 saturated heterocycles. The number of rotatable bonds is 10. The summed E-state index contributed by atoms with van der Waals surface area (Å²) in [7, 11) is 0. The molecule has 2 fully saturated rings. The van der Waals surface area contributed by atoms with E-state index in [1.54, 1.807) is 11.8 Å². The summed E-state index contributed by atoms with van der Waals surface area (Å²) in [6.45, 7) is 2.32. The maximum Gasteiger partial charge on any atom is 0.347 e. The second-order valence-corrected chi connectivity index (χ2v) is 11.1. The van der Waals surface area contributed by atoms with Crippen LogP contribution in [-0.4, -0.2) is 66.7 Å². The van der Waals surface area contributed by atoms with E-state index in [1.807, 2.05) is 54.0 Å². The summed E-state index contributed by atoms with van der Waals surface area (Å²) in [4.78, 5) is 41.5. The molecular formula is C29H31N7O5S. The number of urea groups is 1. The Kier molecular flexibility index (Phi) is 8.22. The predicted molar refractivity (Wildman–Crippen MR) is 156 cm³/mol. The number of ether oxygens (including phenoxy) is 2. The van der Waals surface area contributed by atoms with E-state index in [1.165, 1.54) is 6.33 Å². The first-order valence-electron chi connectivity index (χ1n) is 13.9. The number of thiazole rings is 1. The molecule has 3 aromatic heterocycles. The number of benzene rings is 1. The molecule has 218 valence electrons. The van der Waals surface area contributed by atoms with E-state index in [4.69, 9.17) is 9.47 Å². The first-order chi connectivity index (χ1) is 20.5. The first-order valence-corrected chi connectivity index (χ1v) is 14.8. The number of aromatic nitrogens is 5. The van der Waals surface area contributed by atoms with Crippen molar-refractivity contribution in [2.45, 2.75) is 57.1 Å². The lowest BCUT2D eigenvalue weighted by Gasteiger charge is -2.19. The van der Waals surface area contributed by atoms with Gasteiger partial charge in [0.15, 0.2) is 23.3 Å². The van der Waals surface area contributed by atoms with E-state index in [0.29, 0.717) is 40.5 Å². The quantitative estimate of drug-likeness (QED) is 0.242. The van der Waals surface area contributed by atoms with Crippen LogP contribution >= 0.6 is 11.3 Å². The molecule has 4 unspecified atom stereocenters. The number of hydrogen-bond acceptors (Lipinski definition) is 9. The average Bonchev–Trinajstić information content (AvgIpc) is 3.77. The Morgan fingerprint density at radius 1 is 1.14 bits per heavy atom. The molecule has 1 aliphatic heterocycles. The Hall–Kier alpha value is -4.20. The number of carboxylic acids is 1. The highest BCUT2D eigenvalue weighted by atomic mass is 32.1. The SMILES string of the molecule is CCNC(=O)Nc1ncnc2c1ncn2C1CC(CCCc2ncsc2C(=O)O)C2O[C@H](/C=C/c3ccccc3)OC21. The molecule has 2 amide bonds. The number of carboxylic acid groups (broad SMARTS) is 1. The largest absolute Gasteiger partial charge is 0.477 e. The maximum absolute atomic E-state index is 12.2. The van der Waals surface area contributed by atoms with Gasteiger partial charge in [-0.3, -0.25) is 5.32 Å². The van der Waals surface area contributed by atoms with Crippen molar-refractivity contribution in [3.63, 3.8) is 0 Å². The highest BCUT2D eigenvalue weighted by Crippen LogP contribution is 2.47. The zero-order valence-corrected chi connectivity index (χ0v) is 23.7. The van der Waals surface area contributed by atoms with Crippen LogP contribution < -0.4 is 10.6 Å². The van der Waals surface area contributed by atoms with Gasteiger partial charge in [-0.25, -0.2) is 29.5 Å². The van der Waals surface area contributed by atoms with Crippen molar-refractivity contribution >= 4 is 46.4 Å². The number of carbonyl (C=O) groups excluding carboxylic acids is 1. The lowest BCUT2D eigenvalue weighted by atomic mass is 9.97. The number of fused-ring (bicyclic) bond motifs is 2. The average molecular weight is 590 g/mol. The molecule has 1 saturated carbocycles. The molecule has 6 rings (SSSR count). The third-order valence-corrected chi connectivity index (χ3v) is 8.51. The van der Waals surface area contributed by atoms with Crippen molar-refractivity contribution < 1.29 is 24.2 Å². The van der Waals surface area contributed by atoms with E-state index in [0.717, 1.165) is 36.2 Å². The van der Waals surface area contributed by atoms with E-state index in [-0.39, 0.29) is 30.2 Å². The van der Waals surface area contributed by atoms with Crippen molar-refractivity contribution in [2.24, 2.45) is 5.92 Å². The summed E-state index contributed by atoms with van der Waals surface area (Å²) in [6, 6.07) is 9.50. The van der Waals surface area contributed by atoms with Crippen molar-refractivity contribution in [1.82, 2.24) is 29.8 Å². The molecule has 0 bridgehead atoms. The fourth-order valence-corrected chi connectivity index (χ4v) is 6.49. The Labute approximate surface area is 245 Å². The van der Waals surface area contributed by atoms with Gasteiger partial charge in [-0.1, -0.05) is 36.4 Å². The third-order valence-electron chi connectivity index (χ3n) is 7.65. The zero-order valence-electron chi connectivity index (χ0n) is 22.9. The summed E-state index contributed by atoms with van der Waals surface area (Å²) in [5, 5.41) is 14.9. The number of nitrogens with zero attached hydrogens (tertiary/aromatic N) is 5. The molecule has 4 heterocycles. The second kappa shape index (κ2) is 12.3. The third kappa shape index (κ3) is 5.75. The highest BCUT2D eigenvalue weighted by Gasteiger charge is 2.51. The smallest absolute Gasteiger partial charge is 0.347 e. The lowest BCUT2D eigenvalue weighted by Crippen LogP contribution is -2.28. The van der Waals surface area contributed by atoms with Crippen LogP contribution in [0.2, 0.25) is 0 Å². The minimum Gasteiger partial charge on any atom is -0.477 e. The minimum atomic E-state index is -0.941. The number of imidazole rings is 1. The number of hydrogen-bond donors (Lipinski definition) is 3. The normalized spacial score (nSPS) is 23.4. The van der Waals surface area contributed by atoms with Gasteiger partial charge in [0, 0.05) is 6.54 Å². The number of anilines is 1. The van der Waals surface area contributed by atoms with Gasteiger partial charge in [0.2, 0.25) is 0 Å².